The summed E-state index contributed by atoms with van der Waals surface area (Å²) in [5.74, 6) is 0.387. The van der Waals surface area contributed by atoms with Crippen LogP contribution in [-0.2, 0) is 4.79 Å². The molecule has 22 heavy (non-hydrogen) atoms. The van der Waals surface area contributed by atoms with Gasteiger partial charge in [0, 0.05) is 24.2 Å². The van der Waals surface area contributed by atoms with E-state index in [-0.39, 0.29) is 24.4 Å². The Bertz CT molecular complexity index is 533. The molecule has 2 rings (SSSR count). The van der Waals surface area contributed by atoms with Gasteiger partial charge in [0.25, 0.3) is 0 Å². The molecule has 1 aromatic carbocycles. The Morgan fingerprint density at radius 2 is 2.18 bits per heavy atom. The number of anilines is 2. The van der Waals surface area contributed by atoms with Crippen LogP contribution in [0.1, 0.15) is 19.3 Å². The lowest BCUT2D eigenvalue weighted by Crippen LogP contribution is -2.27. The summed E-state index contributed by atoms with van der Waals surface area (Å²) in [6.07, 6.45) is 2.58. The van der Waals surface area contributed by atoms with Gasteiger partial charge in [0.2, 0.25) is 5.91 Å². The van der Waals surface area contributed by atoms with E-state index in [1.165, 1.54) is 7.11 Å². The van der Waals surface area contributed by atoms with Crippen LogP contribution in [0, 0.1) is 0 Å². The molecule has 1 aromatic rings. The maximum Gasteiger partial charge on any atom is 0.316 e. The lowest BCUT2D eigenvalue weighted by atomic mass is 10.1. The number of carbonyl (C=O) groups is 2. The zero-order valence-corrected chi connectivity index (χ0v) is 13.2. The summed E-state index contributed by atoms with van der Waals surface area (Å²) in [7, 11) is 1.48. The first kappa shape index (κ1) is 18.1. The number of nitrogens with two attached hydrogens (primary N) is 1. The maximum absolute atomic E-state index is 11.9. The zero-order valence-electron chi connectivity index (χ0n) is 12.3. The molecule has 1 aliphatic heterocycles. The quantitative estimate of drug-likeness (QED) is 0.660. The molecule has 1 aliphatic rings. The minimum absolute atomic E-state index is 0. The molecule has 0 radical (unpaired) electrons. The van der Waals surface area contributed by atoms with E-state index in [1.54, 1.807) is 18.2 Å². The molecule has 0 spiro atoms. The standard InChI is InChI=1S/C14H20N4O3.ClH/c1-21-12-7-10(4-5-11(12)18-14(15)20)17-13(19)8-9-3-2-6-16-9;/h4-5,7,9,16H,2-3,6,8H2,1H3,(H,17,19)(H3,15,18,20);1H. The van der Waals surface area contributed by atoms with E-state index in [9.17, 15) is 9.59 Å². The first-order valence-corrected chi connectivity index (χ1v) is 6.86. The highest BCUT2D eigenvalue weighted by Gasteiger charge is 2.18. The molecule has 0 aromatic heterocycles. The number of nitrogens with one attached hydrogen (secondary N) is 3. The summed E-state index contributed by atoms with van der Waals surface area (Å²) in [4.78, 5) is 22.8. The van der Waals surface area contributed by atoms with Crippen molar-refractivity contribution in [3.05, 3.63) is 18.2 Å². The fourth-order valence-electron chi connectivity index (χ4n) is 2.37. The lowest BCUT2D eigenvalue weighted by Gasteiger charge is -2.13. The van der Waals surface area contributed by atoms with Gasteiger partial charge in [-0.2, -0.15) is 0 Å². The smallest absolute Gasteiger partial charge is 0.316 e. The fourth-order valence-corrected chi connectivity index (χ4v) is 2.37. The third-order valence-electron chi connectivity index (χ3n) is 3.34. The molecule has 0 bridgehead atoms. The van der Waals surface area contributed by atoms with E-state index in [0.717, 1.165) is 19.4 Å². The van der Waals surface area contributed by atoms with Crippen LogP contribution < -0.4 is 26.4 Å². The number of benzene rings is 1. The highest BCUT2D eigenvalue weighted by Crippen LogP contribution is 2.28. The number of hydrogen-bond donors (Lipinski definition) is 4. The molecule has 1 atom stereocenters. The third kappa shape index (κ3) is 5.09. The number of urea groups is 1. The third-order valence-corrected chi connectivity index (χ3v) is 3.34. The predicted octanol–water partition coefficient (Wildman–Crippen LogP) is 1.69. The van der Waals surface area contributed by atoms with Gasteiger partial charge in [-0.1, -0.05) is 0 Å². The zero-order chi connectivity index (χ0) is 15.2. The number of hydrogen-bond acceptors (Lipinski definition) is 4. The summed E-state index contributed by atoms with van der Waals surface area (Å²) in [5, 5.41) is 8.56. The Morgan fingerprint density at radius 3 is 2.77 bits per heavy atom. The van der Waals surface area contributed by atoms with Crippen molar-refractivity contribution in [3.63, 3.8) is 0 Å². The highest BCUT2D eigenvalue weighted by molar-refractivity contribution is 5.93. The minimum atomic E-state index is -0.669. The lowest BCUT2D eigenvalue weighted by molar-refractivity contribution is -0.116. The van der Waals surface area contributed by atoms with Crippen LogP contribution >= 0.6 is 12.4 Å². The Labute approximate surface area is 135 Å². The Morgan fingerprint density at radius 1 is 1.41 bits per heavy atom. The van der Waals surface area contributed by atoms with Gasteiger partial charge in [0.05, 0.1) is 12.8 Å². The van der Waals surface area contributed by atoms with Crippen LogP contribution in [0.5, 0.6) is 5.75 Å². The summed E-state index contributed by atoms with van der Waals surface area (Å²) >= 11 is 0. The van der Waals surface area contributed by atoms with Crippen LogP contribution in [0.2, 0.25) is 0 Å². The normalized spacial score (nSPS) is 16.5. The molecule has 122 valence electrons. The number of ether oxygens (including phenoxy) is 1. The van der Waals surface area contributed by atoms with E-state index >= 15 is 0 Å². The van der Waals surface area contributed by atoms with Crippen LogP contribution in [0.25, 0.3) is 0 Å². The summed E-state index contributed by atoms with van der Waals surface area (Å²) in [5.41, 5.74) is 6.15. The van der Waals surface area contributed by atoms with E-state index in [0.29, 0.717) is 23.5 Å². The van der Waals surface area contributed by atoms with Gasteiger partial charge < -0.3 is 26.4 Å². The van der Waals surface area contributed by atoms with Crippen molar-refractivity contribution in [1.82, 2.24) is 5.32 Å². The summed E-state index contributed by atoms with van der Waals surface area (Å²) in [6.45, 7) is 0.971. The molecular formula is C14H21ClN4O3. The van der Waals surface area contributed by atoms with Crippen LogP contribution in [0.4, 0.5) is 16.2 Å². The fraction of sp³-hybridized carbons (Fsp3) is 0.429. The Kier molecular flexibility index (Phi) is 6.94. The largest absolute Gasteiger partial charge is 0.494 e. The number of halogens is 1. The molecule has 7 nitrogen and oxygen atoms in total. The van der Waals surface area contributed by atoms with Gasteiger partial charge in [-0.25, -0.2) is 4.79 Å². The van der Waals surface area contributed by atoms with E-state index in [1.807, 2.05) is 0 Å². The first-order valence-electron chi connectivity index (χ1n) is 6.86. The number of amides is 3. The Hall–Kier alpha value is -1.99. The van der Waals surface area contributed by atoms with Gasteiger partial charge in [-0.3, -0.25) is 4.79 Å². The molecule has 1 heterocycles. The van der Waals surface area contributed by atoms with Gasteiger partial charge in [0.15, 0.2) is 0 Å². The van der Waals surface area contributed by atoms with Gasteiger partial charge >= 0.3 is 6.03 Å². The topological polar surface area (TPSA) is 105 Å². The SMILES string of the molecule is COc1cc(NC(=O)CC2CCCN2)ccc1NC(N)=O.Cl. The second-order valence-electron chi connectivity index (χ2n) is 4.95. The second kappa shape index (κ2) is 8.45. The van der Waals surface area contributed by atoms with Crippen molar-refractivity contribution in [2.75, 3.05) is 24.3 Å². The number of methoxy groups -OCH3 is 1. The molecular weight excluding hydrogens is 308 g/mol. The number of primary amides is 1. The van der Waals surface area contributed by atoms with Crippen molar-refractivity contribution >= 4 is 35.7 Å². The summed E-state index contributed by atoms with van der Waals surface area (Å²) in [6, 6.07) is 4.55. The molecule has 1 saturated heterocycles. The molecule has 0 aliphatic carbocycles. The number of rotatable bonds is 5. The number of carbonyl (C=O) groups excluding carboxylic acids is 2. The second-order valence-corrected chi connectivity index (χ2v) is 4.95. The van der Waals surface area contributed by atoms with Crippen molar-refractivity contribution in [2.24, 2.45) is 5.73 Å². The van der Waals surface area contributed by atoms with Crippen molar-refractivity contribution < 1.29 is 14.3 Å². The monoisotopic (exact) mass is 328 g/mol. The first-order chi connectivity index (χ1) is 10.1. The molecule has 8 heteroatoms. The van der Waals surface area contributed by atoms with Crippen molar-refractivity contribution in [2.45, 2.75) is 25.3 Å². The van der Waals surface area contributed by atoms with E-state index in [2.05, 4.69) is 16.0 Å². The van der Waals surface area contributed by atoms with Gasteiger partial charge in [0.1, 0.15) is 5.75 Å². The van der Waals surface area contributed by atoms with Gasteiger partial charge in [-0.05, 0) is 31.5 Å². The van der Waals surface area contributed by atoms with Crippen molar-refractivity contribution in [3.8, 4) is 5.75 Å². The van der Waals surface area contributed by atoms with E-state index in [4.69, 9.17) is 10.5 Å². The van der Waals surface area contributed by atoms with E-state index < -0.39 is 6.03 Å². The predicted molar refractivity (Wildman–Crippen MR) is 87.7 cm³/mol. The molecule has 5 N–H and O–H groups in total. The molecule has 3 amide bonds. The van der Waals surface area contributed by atoms with Crippen LogP contribution in [0.3, 0.4) is 0 Å². The molecule has 1 fully saturated rings. The minimum Gasteiger partial charge on any atom is -0.494 e. The summed E-state index contributed by atoms with van der Waals surface area (Å²) < 4.78 is 5.17. The average molecular weight is 329 g/mol. The van der Waals surface area contributed by atoms with Crippen molar-refractivity contribution in [1.29, 1.82) is 0 Å². The van der Waals surface area contributed by atoms with Gasteiger partial charge in [-0.15, -0.1) is 12.4 Å². The highest BCUT2D eigenvalue weighted by atomic mass is 35.5. The average Bonchev–Trinajstić information content (AvgIpc) is 2.92. The Balaban J connectivity index is 0.00000242. The molecule has 0 saturated carbocycles. The maximum atomic E-state index is 11.9. The van der Waals surface area contributed by atoms with Crippen LogP contribution in [-0.4, -0.2) is 31.6 Å². The molecule has 1 unspecified atom stereocenters. The van der Waals surface area contributed by atoms with Crippen LogP contribution in [0.15, 0.2) is 18.2 Å².